The molecule has 0 aromatic carbocycles. The van der Waals surface area contributed by atoms with Crippen molar-refractivity contribution < 1.29 is 19.1 Å². The fraction of sp³-hybridized carbons (Fsp3) is 0.462. The quantitative estimate of drug-likeness (QED) is 0.772. The number of pyridine rings is 1. The van der Waals surface area contributed by atoms with Gasteiger partial charge in [-0.05, 0) is 26.0 Å². The molecule has 1 aromatic heterocycles. The lowest BCUT2D eigenvalue weighted by molar-refractivity contribution is -0.143. The van der Waals surface area contributed by atoms with E-state index >= 15 is 0 Å². The van der Waals surface area contributed by atoms with Gasteiger partial charge >= 0.3 is 12.0 Å². The van der Waals surface area contributed by atoms with Gasteiger partial charge in [-0.15, -0.1) is 0 Å². The van der Waals surface area contributed by atoms with Crippen LogP contribution in [0.2, 0.25) is 0 Å². The normalized spacial score (nSPS) is 11.3. The van der Waals surface area contributed by atoms with E-state index in [0.29, 0.717) is 18.2 Å². The number of carbonyl (C=O) groups is 2. The Morgan fingerprint density at radius 2 is 2.20 bits per heavy atom. The summed E-state index contributed by atoms with van der Waals surface area (Å²) >= 11 is 0. The van der Waals surface area contributed by atoms with Gasteiger partial charge in [0.1, 0.15) is 5.69 Å². The van der Waals surface area contributed by atoms with Crippen molar-refractivity contribution in [3.05, 3.63) is 18.3 Å². The van der Waals surface area contributed by atoms with Crippen LogP contribution in [0.5, 0.6) is 5.88 Å². The van der Waals surface area contributed by atoms with Crippen LogP contribution in [0, 0.1) is 0 Å². The Hall–Kier alpha value is -2.31. The minimum Gasteiger partial charge on any atom is -0.480 e. The molecule has 0 unspecified atom stereocenters. The molecule has 0 aliphatic heterocycles. The van der Waals surface area contributed by atoms with Crippen LogP contribution in [0.15, 0.2) is 18.3 Å². The molecule has 7 nitrogen and oxygen atoms in total. The van der Waals surface area contributed by atoms with Gasteiger partial charge in [-0.3, -0.25) is 4.79 Å². The van der Waals surface area contributed by atoms with Crippen molar-refractivity contribution in [3.8, 4) is 5.88 Å². The van der Waals surface area contributed by atoms with Gasteiger partial charge in [0.25, 0.3) is 0 Å². The monoisotopic (exact) mass is 281 g/mol. The Morgan fingerprint density at radius 1 is 1.45 bits per heavy atom. The van der Waals surface area contributed by atoms with Crippen molar-refractivity contribution >= 4 is 17.7 Å². The third-order valence-corrected chi connectivity index (χ3v) is 2.37. The minimum absolute atomic E-state index is 0.117. The molecule has 0 aliphatic carbocycles. The third-order valence-electron chi connectivity index (χ3n) is 2.37. The summed E-state index contributed by atoms with van der Waals surface area (Å²) in [4.78, 5) is 27.0. The van der Waals surface area contributed by atoms with E-state index in [1.54, 1.807) is 32.2 Å². The molecule has 1 rings (SSSR count). The number of aromatic nitrogens is 1. The molecule has 0 fully saturated rings. The molecule has 0 radical (unpaired) electrons. The van der Waals surface area contributed by atoms with Gasteiger partial charge in [0.2, 0.25) is 5.88 Å². The van der Waals surface area contributed by atoms with E-state index in [1.807, 2.05) is 0 Å². The van der Waals surface area contributed by atoms with Crippen molar-refractivity contribution in [2.24, 2.45) is 0 Å². The van der Waals surface area contributed by atoms with Crippen LogP contribution in [0.4, 0.5) is 10.5 Å². The molecule has 1 atom stereocenters. The average molecular weight is 281 g/mol. The number of ether oxygens (including phenoxy) is 2. The van der Waals surface area contributed by atoms with Crippen LogP contribution < -0.4 is 15.4 Å². The molecule has 1 heterocycles. The largest absolute Gasteiger partial charge is 0.480 e. The topological polar surface area (TPSA) is 89.5 Å². The third kappa shape index (κ3) is 5.13. The number of esters is 1. The summed E-state index contributed by atoms with van der Waals surface area (Å²) in [6.07, 6.45) is 1.68. The molecule has 20 heavy (non-hydrogen) atoms. The van der Waals surface area contributed by atoms with Gasteiger partial charge in [0.15, 0.2) is 0 Å². The second-order valence-electron chi connectivity index (χ2n) is 4.07. The van der Waals surface area contributed by atoms with Crippen LogP contribution in [0.1, 0.15) is 20.3 Å². The minimum atomic E-state index is -0.437. The number of methoxy groups -OCH3 is 1. The smallest absolute Gasteiger partial charge is 0.319 e. The molecule has 0 spiro atoms. The maximum absolute atomic E-state index is 11.8. The van der Waals surface area contributed by atoms with Crippen molar-refractivity contribution in [1.82, 2.24) is 10.3 Å². The first-order valence-electron chi connectivity index (χ1n) is 6.29. The number of nitrogens with zero attached hydrogens (tertiary/aromatic N) is 1. The highest BCUT2D eigenvalue weighted by Crippen LogP contribution is 2.19. The Morgan fingerprint density at radius 3 is 2.85 bits per heavy atom. The zero-order valence-electron chi connectivity index (χ0n) is 11.8. The highest BCUT2D eigenvalue weighted by atomic mass is 16.5. The molecular formula is C13H19N3O4. The second kappa shape index (κ2) is 7.98. The number of hydrogen-bond donors (Lipinski definition) is 2. The molecule has 1 aromatic rings. The summed E-state index contributed by atoms with van der Waals surface area (Å²) in [6.45, 7) is 3.78. The lowest BCUT2D eigenvalue weighted by atomic mass is 10.2. The second-order valence-corrected chi connectivity index (χ2v) is 4.07. The molecular weight excluding hydrogens is 262 g/mol. The van der Waals surface area contributed by atoms with Crippen molar-refractivity contribution in [3.63, 3.8) is 0 Å². The summed E-state index contributed by atoms with van der Waals surface area (Å²) in [7, 11) is 1.47. The van der Waals surface area contributed by atoms with Crippen LogP contribution in [-0.2, 0) is 9.53 Å². The number of amides is 2. The molecule has 0 aliphatic rings. The number of rotatable bonds is 6. The Kier molecular flexibility index (Phi) is 6.28. The van der Waals surface area contributed by atoms with Crippen LogP contribution in [0.3, 0.4) is 0 Å². The number of hydrogen-bond acceptors (Lipinski definition) is 5. The number of nitrogens with one attached hydrogen (secondary N) is 2. The Balaban J connectivity index is 2.49. The van der Waals surface area contributed by atoms with Gasteiger partial charge in [0, 0.05) is 12.2 Å². The summed E-state index contributed by atoms with van der Waals surface area (Å²) in [6, 6.07) is 2.58. The van der Waals surface area contributed by atoms with Crippen LogP contribution >= 0.6 is 0 Å². The summed E-state index contributed by atoms with van der Waals surface area (Å²) < 4.78 is 9.83. The number of anilines is 1. The molecule has 2 amide bonds. The van der Waals surface area contributed by atoms with Crippen LogP contribution in [0.25, 0.3) is 0 Å². The zero-order chi connectivity index (χ0) is 15.0. The SMILES string of the molecule is CCOC(=O)C[C@H](C)NC(=O)Nc1cccnc1OC. The van der Waals surface area contributed by atoms with E-state index < -0.39 is 6.03 Å². The fourth-order valence-corrected chi connectivity index (χ4v) is 1.55. The molecule has 7 heteroatoms. The standard InChI is InChI=1S/C13H19N3O4/c1-4-20-11(17)8-9(2)15-13(18)16-10-6-5-7-14-12(10)19-3/h5-7,9H,4,8H2,1-3H3,(H2,15,16,18)/t9-/m0/s1. The van der Waals surface area contributed by atoms with Crippen molar-refractivity contribution in [2.45, 2.75) is 26.3 Å². The van der Waals surface area contributed by atoms with E-state index in [1.165, 1.54) is 7.11 Å². The highest BCUT2D eigenvalue weighted by Gasteiger charge is 2.14. The Bertz CT molecular complexity index is 465. The van der Waals surface area contributed by atoms with E-state index in [0.717, 1.165) is 0 Å². The first-order valence-corrected chi connectivity index (χ1v) is 6.29. The van der Waals surface area contributed by atoms with E-state index in [-0.39, 0.29) is 18.4 Å². The number of carbonyl (C=O) groups excluding carboxylic acids is 2. The lowest BCUT2D eigenvalue weighted by Gasteiger charge is -2.14. The van der Waals surface area contributed by atoms with E-state index in [9.17, 15) is 9.59 Å². The van der Waals surface area contributed by atoms with Crippen molar-refractivity contribution in [1.29, 1.82) is 0 Å². The van der Waals surface area contributed by atoms with Gasteiger partial charge in [-0.25, -0.2) is 9.78 Å². The molecule has 0 saturated carbocycles. The predicted molar refractivity (Wildman–Crippen MR) is 73.7 cm³/mol. The first-order chi connectivity index (χ1) is 9.56. The summed E-state index contributed by atoms with van der Waals surface area (Å²) in [5.41, 5.74) is 0.454. The molecule has 110 valence electrons. The fourth-order valence-electron chi connectivity index (χ4n) is 1.55. The number of urea groups is 1. The summed E-state index contributed by atoms with van der Waals surface area (Å²) in [5.74, 6) is -0.0278. The molecule has 0 saturated heterocycles. The molecule has 0 bridgehead atoms. The predicted octanol–water partition coefficient (Wildman–Crippen LogP) is 1.55. The van der Waals surface area contributed by atoms with E-state index in [2.05, 4.69) is 15.6 Å². The average Bonchev–Trinajstić information content (AvgIpc) is 2.39. The van der Waals surface area contributed by atoms with Gasteiger partial charge in [0.05, 0.1) is 20.1 Å². The van der Waals surface area contributed by atoms with Crippen LogP contribution in [-0.4, -0.2) is 36.7 Å². The Labute approximate surface area is 117 Å². The highest BCUT2D eigenvalue weighted by molar-refractivity contribution is 5.90. The maximum Gasteiger partial charge on any atom is 0.319 e. The summed E-state index contributed by atoms with van der Waals surface area (Å²) in [5, 5.41) is 5.24. The zero-order valence-corrected chi connectivity index (χ0v) is 11.8. The molecule has 2 N–H and O–H groups in total. The van der Waals surface area contributed by atoms with Gasteiger partial charge in [-0.1, -0.05) is 0 Å². The van der Waals surface area contributed by atoms with E-state index in [4.69, 9.17) is 9.47 Å². The maximum atomic E-state index is 11.8. The van der Waals surface area contributed by atoms with Gasteiger partial charge < -0.3 is 20.1 Å². The first kappa shape index (κ1) is 15.7. The van der Waals surface area contributed by atoms with Crippen molar-refractivity contribution in [2.75, 3.05) is 19.0 Å². The lowest BCUT2D eigenvalue weighted by Crippen LogP contribution is -2.37. The van der Waals surface area contributed by atoms with Gasteiger partial charge in [-0.2, -0.15) is 0 Å².